The highest BCUT2D eigenvalue weighted by molar-refractivity contribution is 9.10. The van der Waals surface area contributed by atoms with E-state index >= 15 is 0 Å². The standard InChI is InChI=1S/C15H17BrClFN2/c1-9(2)15(3-4-15)8-20-13-5-10(16)11(18)6-12(13)19-14(20)7-17/h5-6,9H,3-4,7-8H2,1-2H3. The number of aromatic nitrogens is 2. The predicted octanol–water partition coefficient (Wildman–Crippen LogP) is 5.11. The van der Waals surface area contributed by atoms with Gasteiger partial charge in [0.2, 0.25) is 0 Å². The number of alkyl halides is 1. The fraction of sp³-hybridized carbons (Fsp3) is 0.533. The lowest BCUT2D eigenvalue weighted by Crippen LogP contribution is -2.19. The summed E-state index contributed by atoms with van der Waals surface area (Å²) in [6, 6.07) is 3.28. The van der Waals surface area contributed by atoms with E-state index in [0.717, 1.165) is 17.9 Å². The van der Waals surface area contributed by atoms with Gasteiger partial charge in [-0.15, -0.1) is 11.6 Å². The van der Waals surface area contributed by atoms with Crippen LogP contribution in [0.1, 0.15) is 32.5 Å². The van der Waals surface area contributed by atoms with E-state index in [9.17, 15) is 4.39 Å². The van der Waals surface area contributed by atoms with Gasteiger partial charge in [0, 0.05) is 12.6 Å². The summed E-state index contributed by atoms with van der Waals surface area (Å²) in [6.07, 6.45) is 2.49. The van der Waals surface area contributed by atoms with Crippen molar-refractivity contribution in [1.29, 1.82) is 0 Å². The molecular weight excluding hydrogens is 343 g/mol. The van der Waals surface area contributed by atoms with Gasteiger partial charge >= 0.3 is 0 Å². The van der Waals surface area contributed by atoms with Crippen LogP contribution in [-0.4, -0.2) is 9.55 Å². The van der Waals surface area contributed by atoms with E-state index in [1.165, 1.54) is 18.9 Å². The fourth-order valence-corrected chi connectivity index (χ4v) is 3.38. The largest absolute Gasteiger partial charge is 0.326 e. The average molecular weight is 360 g/mol. The Bertz CT molecular complexity index is 661. The molecule has 1 aromatic carbocycles. The van der Waals surface area contributed by atoms with E-state index < -0.39 is 0 Å². The van der Waals surface area contributed by atoms with Crippen molar-refractivity contribution in [3.63, 3.8) is 0 Å². The summed E-state index contributed by atoms with van der Waals surface area (Å²) in [5, 5.41) is 0. The Morgan fingerprint density at radius 2 is 2.15 bits per heavy atom. The van der Waals surface area contributed by atoms with E-state index in [1.54, 1.807) is 0 Å². The first-order valence-electron chi connectivity index (χ1n) is 6.87. The first-order chi connectivity index (χ1) is 9.47. The number of nitrogens with zero attached hydrogens (tertiary/aromatic N) is 2. The molecule has 1 heterocycles. The summed E-state index contributed by atoms with van der Waals surface area (Å²) < 4.78 is 16.3. The zero-order valence-electron chi connectivity index (χ0n) is 11.6. The lowest BCUT2D eigenvalue weighted by Gasteiger charge is -2.21. The topological polar surface area (TPSA) is 17.8 Å². The molecule has 0 atom stereocenters. The molecule has 0 amide bonds. The highest BCUT2D eigenvalue weighted by Gasteiger charge is 2.46. The molecule has 0 bridgehead atoms. The van der Waals surface area contributed by atoms with E-state index in [2.05, 4.69) is 39.3 Å². The highest BCUT2D eigenvalue weighted by Crippen LogP contribution is 2.53. The quantitative estimate of drug-likeness (QED) is 0.693. The molecule has 1 aromatic heterocycles. The van der Waals surface area contributed by atoms with Crippen LogP contribution in [-0.2, 0) is 12.4 Å². The van der Waals surface area contributed by atoms with Crippen LogP contribution in [0.5, 0.6) is 0 Å². The number of benzene rings is 1. The molecule has 2 aromatic rings. The maximum atomic E-state index is 13.6. The second-order valence-electron chi connectivity index (χ2n) is 6.02. The second-order valence-corrected chi connectivity index (χ2v) is 7.14. The Morgan fingerprint density at radius 1 is 1.45 bits per heavy atom. The van der Waals surface area contributed by atoms with E-state index in [1.807, 2.05) is 6.07 Å². The molecule has 1 aliphatic rings. The molecule has 1 aliphatic carbocycles. The number of hydrogen-bond acceptors (Lipinski definition) is 1. The first kappa shape index (κ1) is 14.3. The Labute approximate surface area is 131 Å². The minimum Gasteiger partial charge on any atom is -0.326 e. The van der Waals surface area contributed by atoms with Crippen LogP contribution in [0.15, 0.2) is 16.6 Å². The lowest BCUT2D eigenvalue weighted by molar-refractivity contribution is 0.309. The fourth-order valence-electron chi connectivity index (χ4n) is 2.84. The number of imidazole rings is 1. The third kappa shape index (κ3) is 2.27. The van der Waals surface area contributed by atoms with Crippen molar-refractivity contribution in [2.24, 2.45) is 11.3 Å². The van der Waals surface area contributed by atoms with Crippen LogP contribution in [0.2, 0.25) is 0 Å². The van der Waals surface area contributed by atoms with Gasteiger partial charge in [-0.25, -0.2) is 9.37 Å². The summed E-state index contributed by atoms with van der Waals surface area (Å²) in [5.41, 5.74) is 2.00. The highest BCUT2D eigenvalue weighted by atomic mass is 79.9. The molecule has 20 heavy (non-hydrogen) atoms. The van der Waals surface area contributed by atoms with E-state index in [-0.39, 0.29) is 5.82 Å². The van der Waals surface area contributed by atoms with Crippen molar-refractivity contribution in [2.45, 2.75) is 39.1 Å². The molecule has 0 spiro atoms. The monoisotopic (exact) mass is 358 g/mol. The SMILES string of the molecule is CC(C)C1(Cn2c(CCl)nc3cc(F)c(Br)cc32)CC1. The van der Waals surface area contributed by atoms with Gasteiger partial charge in [-0.3, -0.25) is 0 Å². The van der Waals surface area contributed by atoms with Crippen LogP contribution >= 0.6 is 27.5 Å². The van der Waals surface area contributed by atoms with Gasteiger partial charge in [0.25, 0.3) is 0 Å². The zero-order chi connectivity index (χ0) is 14.5. The number of hydrogen-bond donors (Lipinski definition) is 0. The van der Waals surface area contributed by atoms with Crippen LogP contribution in [0.25, 0.3) is 11.0 Å². The van der Waals surface area contributed by atoms with Gasteiger partial charge in [0.1, 0.15) is 11.6 Å². The van der Waals surface area contributed by atoms with E-state index in [4.69, 9.17) is 11.6 Å². The zero-order valence-corrected chi connectivity index (χ0v) is 13.9. The summed E-state index contributed by atoms with van der Waals surface area (Å²) >= 11 is 9.28. The maximum Gasteiger partial charge on any atom is 0.139 e. The van der Waals surface area contributed by atoms with Crippen molar-refractivity contribution in [3.8, 4) is 0 Å². The van der Waals surface area contributed by atoms with Crippen LogP contribution in [0.4, 0.5) is 4.39 Å². The van der Waals surface area contributed by atoms with Crippen LogP contribution in [0, 0.1) is 17.2 Å². The van der Waals surface area contributed by atoms with Crippen molar-refractivity contribution in [1.82, 2.24) is 9.55 Å². The van der Waals surface area contributed by atoms with Gasteiger partial charge in [0.05, 0.1) is 21.4 Å². The molecule has 0 radical (unpaired) electrons. The molecule has 3 rings (SSSR count). The Morgan fingerprint density at radius 3 is 2.70 bits per heavy atom. The number of halogens is 3. The normalized spacial score (nSPS) is 17.1. The average Bonchev–Trinajstić information content (AvgIpc) is 3.12. The summed E-state index contributed by atoms with van der Waals surface area (Å²) in [6.45, 7) is 5.45. The Balaban J connectivity index is 2.11. The molecule has 108 valence electrons. The molecule has 0 unspecified atom stereocenters. The van der Waals surface area contributed by atoms with Gasteiger partial charge in [0.15, 0.2) is 0 Å². The molecule has 0 N–H and O–H groups in total. The minimum absolute atomic E-state index is 0.284. The van der Waals surface area contributed by atoms with Gasteiger partial charge in [-0.2, -0.15) is 0 Å². The maximum absolute atomic E-state index is 13.6. The smallest absolute Gasteiger partial charge is 0.139 e. The third-order valence-electron chi connectivity index (χ3n) is 4.58. The predicted molar refractivity (Wildman–Crippen MR) is 83.5 cm³/mol. The third-order valence-corrected chi connectivity index (χ3v) is 5.43. The van der Waals surface area contributed by atoms with Gasteiger partial charge in [-0.1, -0.05) is 13.8 Å². The molecule has 0 saturated heterocycles. The van der Waals surface area contributed by atoms with Gasteiger partial charge in [-0.05, 0) is 46.2 Å². The molecule has 1 fully saturated rings. The lowest BCUT2D eigenvalue weighted by atomic mass is 9.92. The molecule has 2 nitrogen and oxygen atoms in total. The minimum atomic E-state index is -0.284. The number of rotatable bonds is 4. The summed E-state index contributed by atoms with van der Waals surface area (Å²) in [7, 11) is 0. The van der Waals surface area contributed by atoms with Gasteiger partial charge < -0.3 is 4.57 Å². The van der Waals surface area contributed by atoms with Crippen molar-refractivity contribution < 1.29 is 4.39 Å². The van der Waals surface area contributed by atoms with Crippen molar-refractivity contribution in [2.75, 3.05) is 0 Å². The Kier molecular flexibility index (Phi) is 3.57. The number of fused-ring (bicyclic) bond motifs is 1. The Hall–Kier alpha value is -0.610. The van der Waals surface area contributed by atoms with Crippen molar-refractivity contribution >= 4 is 38.6 Å². The molecule has 1 saturated carbocycles. The van der Waals surface area contributed by atoms with Crippen LogP contribution in [0.3, 0.4) is 0 Å². The second kappa shape index (κ2) is 4.99. The summed E-state index contributed by atoms with van der Waals surface area (Å²) in [4.78, 5) is 4.47. The molecule has 5 heteroatoms. The van der Waals surface area contributed by atoms with Crippen LogP contribution < -0.4 is 0 Å². The van der Waals surface area contributed by atoms with E-state index in [0.29, 0.717) is 27.2 Å². The summed E-state index contributed by atoms with van der Waals surface area (Å²) in [5.74, 6) is 1.52. The first-order valence-corrected chi connectivity index (χ1v) is 8.20. The molecule has 0 aliphatic heterocycles. The molecular formula is C15H17BrClFN2. The van der Waals surface area contributed by atoms with Crippen molar-refractivity contribution in [3.05, 3.63) is 28.2 Å².